The number of benzene rings is 7. The van der Waals surface area contributed by atoms with Crippen LogP contribution < -0.4 is 4.90 Å². The van der Waals surface area contributed by atoms with Crippen molar-refractivity contribution in [1.82, 2.24) is 9.97 Å². The highest BCUT2D eigenvalue weighted by atomic mass is 15.2. The Labute approximate surface area is 291 Å². The van der Waals surface area contributed by atoms with E-state index in [1.807, 2.05) is 24.3 Å². The standard InChI is InChI=1S/C47H31N3/c1-3-15-32(16-4-1)42-31-43(49-46(48-42)34-17-5-2-6-18-34)33-27-29-35(30-28-33)50-44-25-13-11-23-40(44)47(41-24-12-14-26-45(41)50)38-21-9-7-19-36(38)37-20-8-10-22-39(37)47/h1-31H. The number of aromatic nitrogens is 2. The molecule has 0 fully saturated rings. The normalized spacial score (nSPS) is 13.3. The first-order valence-electron chi connectivity index (χ1n) is 17.1. The third-order valence-corrected chi connectivity index (χ3v) is 10.3. The molecule has 0 unspecified atom stereocenters. The first kappa shape index (κ1) is 28.4. The van der Waals surface area contributed by atoms with Crippen LogP contribution in [0.25, 0.3) is 45.0 Å². The molecule has 0 amide bonds. The van der Waals surface area contributed by atoms with Gasteiger partial charge in [-0.1, -0.05) is 158 Å². The minimum Gasteiger partial charge on any atom is -0.310 e. The van der Waals surface area contributed by atoms with E-state index in [1.54, 1.807) is 0 Å². The fourth-order valence-corrected chi connectivity index (χ4v) is 8.19. The fraction of sp³-hybridized carbons (Fsp3) is 0.0213. The van der Waals surface area contributed by atoms with Gasteiger partial charge in [-0.2, -0.15) is 0 Å². The summed E-state index contributed by atoms with van der Waals surface area (Å²) >= 11 is 0. The molecule has 2 heterocycles. The Kier molecular flexibility index (Phi) is 6.40. The van der Waals surface area contributed by atoms with Gasteiger partial charge in [-0.3, -0.25) is 0 Å². The number of para-hydroxylation sites is 2. The number of fused-ring (bicyclic) bond motifs is 9. The van der Waals surface area contributed by atoms with Crippen LogP contribution >= 0.6 is 0 Å². The summed E-state index contributed by atoms with van der Waals surface area (Å²) < 4.78 is 0. The van der Waals surface area contributed by atoms with Crippen LogP contribution in [0.15, 0.2) is 188 Å². The molecule has 0 radical (unpaired) electrons. The number of hydrogen-bond donors (Lipinski definition) is 0. The molecule has 50 heavy (non-hydrogen) atoms. The Bertz CT molecular complexity index is 2390. The molecule has 0 saturated carbocycles. The second-order valence-corrected chi connectivity index (χ2v) is 13.0. The SMILES string of the molecule is c1ccc(-c2cc(-c3ccc(N4c5ccccc5C5(c6ccccc6-c6ccccc65)c5ccccc54)cc3)nc(-c3ccccc3)n2)cc1. The fourth-order valence-electron chi connectivity index (χ4n) is 8.19. The van der Waals surface area contributed by atoms with Gasteiger partial charge in [0.15, 0.2) is 5.82 Å². The molecule has 1 aliphatic carbocycles. The van der Waals surface area contributed by atoms with Gasteiger partial charge in [-0.15, -0.1) is 0 Å². The molecule has 0 bridgehead atoms. The number of hydrogen-bond acceptors (Lipinski definition) is 3. The van der Waals surface area contributed by atoms with E-state index in [0.717, 1.165) is 33.8 Å². The predicted octanol–water partition coefficient (Wildman–Crippen LogP) is 11.6. The van der Waals surface area contributed by atoms with Gasteiger partial charge in [0, 0.05) is 22.4 Å². The minimum atomic E-state index is -0.417. The summed E-state index contributed by atoms with van der Waals surface area (Å²) in [6.45, 7) is 0. The molecule has 3 heteroatoms. The quantitative estimate of drug-likeness (QED) is 0.192. The molecule has 1 aromatic heterocycles. The molecular formula is C47H31N3. The zero-order valence-electron chi connectivity index (χ0n) is 27.2. The Hall–Kier alpha value is -6.58. The van der Waals surface area contributed by atoms with Gasteiger partial charge in [0.1, 0.15) is 0 Å². The average Bonchev–Trinajstić information content (AvgIpc) is 3.49. The highest BCUT2D eigenvalue weighted by Crippen LogP contribution is 2.63. The van der Waals surface area contributed by atoms with Crippen molar-refractivity contribution >= 4 is 17.1 Å². The van der Waals surface area contributed by atoms with Crippen LogP contribution in [-0.4, -0.2) is 9.97 Å². The van der Waals surface area contributed by atoms with Gasteiger partial charge >= 0.3 is 0 Å². The van der Waals surface area contributed by atoms with E-state index in [2.05, 4.69) is 169 Å². The van der Waals surface area contributed by atoms with E-state index in [-0.39, 0.29) is 0 Å². The molecular weight excluding hydrogens is 607 g/mol. The summed E-state index contributed by atoms with van der Waals surface area (Å²) in [4.78, 5) is 12.5. The van der Waals surface area contributed by atoms with Crippen molar-refractivity contribution in [3.63, 3.8) is 0 Å². The summed E-state index contributed by atoms with van der Waals surface area (Å²) in [6.07, 6.45) is 0. The molecule has 2 aliphatic rings. The zero-order valence-corrected chi connectivity index (χ0v) is 27.2. The third-order valence-electron chi connectivity index (χ3n) is 10.3. The Morgan fingerprint density at radius 3 is 1.32 bits per heavy atom. The second-order valence-electron chi connectivity index (χ2n) is 13.0. The molecule has 0 atom stereocenters. The van der Waals surface area contributed by atoms with Crippen LogP contribution in [-0.2, 0) is 5.41 Å². The molecule has 10 rings (SSSR count). The molecule has 8 aromatic rings. The summed E-state index contributed by atoms with van der Waals surface area (Å²) in [5.41, 5.74) is 15.8. The lowest BCUT2D eigenvalue weighted by molar-refractivity contribution is 0.752. The second kappa shape index (κ2) is 11.3. The van der Waals surface area contributed by atoms with Crippen molar-refractivity contribution in [2.75, 3.05) is 4.90 Å². The van der Waals surface area contributed by atoms with Crippen LogP contribution in [0.3, 0.4) is 0 Å². The number of rotatable bonds is 4. The van der Waals surface area contributed by atoms with E-state index in [1.165, 1.54) is 44.8 Å². The molecule has 1 spiro atoms. The van der Waals surface area contributed by atoms with Crippen LogP contribution in [0.1, 0.15) is 22.3 Å². The van der Waals surface area contributed by atoms with E-state index in [4.69, 9.17) is 9.97 Å². The highest BCUT2D eigenvalue weighted by molar-refractivity contribution is 5.95. The maximum atomic E-state index is 5.08. The monoisotopic (exact) mass is 637 g/mol. The van der Waals surface area contributed by atoms with Gasteiger partial charge in [0.2, 0.25) is 0 Å². The van der Waals surface area contributed by atoms with Gasteiger partial charge in [-0.05, 0) is 63.7 Å². The van der Waals surface area contributed by atoms with Gasteiger partial charge < -0.3 is 4.90 Å². The molecule has 3 nitrogen and oxygen atoms in total. The van der Waals surface area contributed by atoms with Crippen LogP contribution in [0.5, 0.6) is 0 Å². The van der Waals surface area contributed by atoms with Crippen LogP contribution in [0.4, 0.5) is 17.1 Å². The summed E-state index contributed by atoms with van der Waals surface area (Å²) in [7, 11) is 0. The van der Waals surface area contributed by atoms with Crippen molar-refractivity contribution in [3.8, 4) is 45.0 Å². The predicted molar refractivity (Wildman–Crippen MR) is 204 cm³/mol. The highest BCUT2D eigenvalue weighted by Gasteiger charge is 2.51. The Morgan fingerprint density at radius 1 is 0.360 bits per heavy atom. The van der Waals surface area contributed by atoms with E-state index in [0.29, 0.717) is 5.82 Å². The first-order chi connectivity index (χ1) is 24.8. The third kappa shape index (κ3) is 4.17. The Morgan fingerprint density at radius 2 is 0.780 bits per heavy atom. The minimum absolute atomic E-state index is 0.417. The van der Waals surface area contributed by atoms with Crippen molar-refractivity contribution in [3.05, 3.63) is 210 Å². The van der Waals surface area contributed by atoms with Crippen molar-refractivity contribution < 1.29 is 0 Å². The topological polar surface area (TPSA) is 29.0 Å². The maximum Gasteiger partial charge on any atom is 0.160 e. The maximum absolute atomic E-state index is 5.08. The Balaban J connectivity index is 1.13. The summed E-state index contributed by atoms with van der Waals surface area (Å²) in [6, 6.07) is 67.2. The molecule has 0 saturated heterocycles. The van der Waals surface area contributed by atoms with Crippen LogP contribution in [0.2, 0.25) is 0 Å². The van der Waals surface area contributed by atoms with Crippen LogP contribution in [0, 0.1) is 0 Å². The molecule has 0 N–H and O–H groups in total. The molecule has 234 valence electrons. The lowest BCUT2D eigenvalue weighted by atomic mass is 9.64. The van der Waals surface area contributed by atoms with Crippen molar-refractivity contribution in [2.24, 2.45) is 0 Å². The smallest absolute Gasteiger partial charge is 0.160 e. The molecule has 1 aliphatic heterocycles. The summed E-state index contributed by atoms with van der Waals surface area (Å²) in [5.74, 6) is 0.715. The lowest BCUT2D eigenvalue weighted by Crippen LogP contribution is -2.36. The zero-order chi connectivity index (χ0) is 33.1. The first-order valence-corrected chi connectivity index (χ1v) is 17.1. The molecule has 7 aromatic carbocycles. The number of anilines is 3. The van der Waals surface area contributed by atoms with E-state index in [9.17, 15) is 0 Å². The summed E-state index contributed by atoms with van der Waals surface area (Å²) in [5, 5.41) is 0. The lowest BCUT2D eigenvalue weighted by Gasteiger charge is -2.45. The average molecular weight is 638 g/mol. The van der Waals surface area contributed by atoms with Crippen molar-refractivity contribution in [2.45, 2.75) is 5.41 Å². The van der Waals surface area contributed by atoms with E-state index < -0.39 is 5.41 Å². The number of nitrogens with zero attached hydrogens (tertiary/aromatic N) is 3. The largest absolute Gasteiger partial charge is 0.310 e. The van der Waals surface area contributed by atoms with Gasteiger partial charge in [0.05, 0.1) is 28.2 Å². The van der Waals surface area contributed by atoms with Gasteiger partial charge in [-0.25, -0.2) is 9.97 Å². The van der Waals surface area contributed by atoms with E-state index >= 15 is 0 Å². The van der Waals surface area contributed by atoms with Gasteiger partial charge in [0.25, 0.3) is 0 Å². The van der Waals surface area contributed by atoms with Crippen molar-refractivity contribution in [1.29, 1.82) is 0 Å².